The van der Waals surface area contributed by atoms with Gasteiger partial charge in [-0.05, 0) is 92.5 Å². The molecule has 8 aromatic rings. The second-order valence-electron chi connectivity index (χ2n) is 12.8. The minimum Gasteiger partial charge on any atom is -1.00 e. The molecule has 0 aromatic heterocycles. The Morgan fingerprint density at radius 2 is 0.589 bits per heavy atom. The van der Waals surface area contributed by atoms with Crippen LogP contribution in [-0.4, -0.2) is 19.6 Å². The molecule has 8 aromatic carbocycles. The number of fused-ring (bicyclic) bond motifs is 2. The van der Waals surface area contributed by atoms with Crippen LogP contribution in [0, 0.1) is 0 Å². The Balaban J connectivity index is 0.00000186. The summed E-state index contributed by atoms with van der Waals surface area (Å²) in [5.41, 5.74) is 1.54. The van der Waals surface area contributed by atoms with Gasteiger partial charge in [0.25, 0.3) is 0 Å². The van der Waals surface area contributed by atoms with Crippen molar-refractivity contribution in [2.24, 2.45) is 0 Å². The van der Waals surface area contributed by atoms with E-state index in [2.05, 4.69) is 0 Å². The van der Waals surface area contributed by atoms with Gasteiger partial charge in [-0.1, -0.05) is 170 Å². The molecule has 0 unspecified atom stereocenters. The smallest absolute Gasteiger partial charge is 1.00 e. The van der Waals surface area contributed by atoms with Gasteiger partial charge in [-0.15, -0.1) is 0 Å². The monoisotopic (exact) mass is 830 g/mol. The van der Waals surface area contributed by atoms with Crippen LogP contribution >= 0.6 is 31.0 Å². The van der Waals surface area contributed by atoms with E-state index in [4.69, 9.17) is 0 Å². The van der Waals surface area contributed by atoms with Gasteiger partial charge in [0.2, 0.25) is 0 Å². The fraction of sp³-hybridized carbons (Fsp3) is 0. The number of benzene rings is 8. The second-order valence-corrected chi connectivity index (χ2v) is 20.3. The quantitative estimate of drug-likeness (QED) is 0.128. The zero-order valence-corrected chi connectivity index (χ0v) is 38.3. The molecule has 0 aliphatic heterocycles. The summed E-state index contributed by atoms with van der Waals surface area (Å²) in [4.78, 5) is 43.9. The van der Waals surface area contributed by atoms with Gasteiger partial charge in [0.05, 0.1) is 10.6 Å². The van der Waals surface area contributed by atoms with Crippen molar-refractivity contribution in [1.29, 1.82) is 0 Å². The Morgan fingerprint density at radius 3 is 0.839 bits per heavy atom. The molecule has 12 heteroatoms. The fourth-order valence-corrected chi connectivity index (χ4v) is 14.0. The molecule has 0 atom stereocenters. The summed E-state index contributed by atoms with van der Waals surface area (Å²) in [6.07, 6.45) is 0. The van der Waals surface area contributed by atoms with Gasteiger partial charge in [-0.2, -0.15) is 0 Å². The standard InChI is InChI=1S/C44H34O6P4.2Na.2H/c45-53(46,47)41-29-39(51(31-17-5-1-6-18-31)32-19-7-2-8-20-32)43(37-27-15-13-25-35(37)41)44-38-28-16-14-26-36(38)42(54(48,49)50)30-40(44)52(33-21-9-3-10-22-33)34-23-11-4-12-24-34;;;;/h1-30H,(H2,45,46,47)(H2,48,49,50);;;;/q;2*+1;2*-1. The predicted molar refractivity (Wildman–Crippen MR) is 230 cm³/mol. The van der Waals surface area contributed by atoms with Gasteiger partial charge < -0.3 is 22.4 Å². The third-order valence-electron chi connectivity index (χ3n) is 9.42. The van der Waals surface area contributed by atoms with E-state index in [1.807, 2.05) is 146 Å². The van der Waals surface area contributed by atoms with E-state index in [0.717, 1.165) is 43.0 Å². The molecule has 270 valence electrons. The van der Waals surface area contributed by atoms with E-state index in [0.29, 0.717) is 21.5 Å². The van der Waals surface area contributed by atoms with Crippen LogP contribution in [0.2, 0.25) is 0 Å². The first-order valence-electron chi connectivity index (χ1n) is 17.2. The van der Waals surface area contributed by atoms with Crippen LogP contribution in [0.5, 0.6) is 0 Å². The molecule has 8 rings (SSSR count). The van der Waals surface area contributed by atoms with Gasteiger partial charge >= 0.3 is 74.3 Å². The summed E-state index contributed by atoms with van der Waals surface area (Å²) >= 11 is 0. The van der Waals surface area contributed by atoms with Crippen molar-refractivity contribution in [2.75, 3.05) is 0 Å². The van der Waals surface area contributed by atoms with E-state index >= 15 is 0 Å². The zero-order valence-electron chi connectivity index (χ0n) is 32.7. The predicted octanol–water partition coefficient (Wildman–Crippen LogP) is 1.02. The average Bonchev–Trinajstić information content (AvgIpc) is 3.18. The van der Waals surface area contributed by atoms with Crippen molar-refractivity contribution < 1.29 is 90.7 Å². The van der Waals surface area contributed by atoms with Crippen molar-refractivity contribution in [3.8, 4) is 11.1 Å². The second kappa shape index (κ2) is 18.1. The van der Waals surface area contributed by atoms with Crippen LogP contribution < -0.4 is 102 Å². The first kappa shape index (κ1) is 43.0. The minimum absolute atomic E-state index is 0. The Morgan fingerprint density at radius 1 is 0.357 bits per heavy atom. The molecule has 6 nitrogen and oxygen atoms in total. The maximum absolute atomic E-state index is 13.5. The van der Waals surface area contributed by atoms with Crippen LogP contribution in [0.25, 0.3) is 32.7 Å². The van der Waals surface area contributed by atoms with Gasteiger partial charge in [0.15, 0.2) is 0 Å². The SMILES string of the molecule is O=P(O)(O)c1cc(P(c2ccccc2)c2ccccc2)c(-c2c(P(c3ccccc3)c3ccccc3)cc(P(=O)(O)O)c3ccccc23)c2ccccc12.[H-].[H-].[Na+].[Na+]. The van der Waals surface area contributed by atoms with Crippen molar-refractivity contribution >= 4 is 95.0 Å². The maximum Gasteiger partial charge on any atom is 1.00 e. The molecule has 0 heterocycles. The first-order chi connectivity index (χ1) is 26.1. The molecule has 0 amide bonds. The van der Waals surface area contributed by atoms with E-state index in [-0.39, 0.29) is 72.6 Å². The third kappa shape index (κ3) is 8.59. The first-order valence-corrected chi connectivity index (χ1v) is 23.1. The van der Waals surface area contributed by atoms with Gasteiger partial charge in [0.1, 0.15) is 0 Å². The van der Waals surface area contributed by atoms with E-state index in [1.54, 1.807) is 36.4 Å². The van der Waals surface area contributed by atoms with Crippen LogP contribution in [0.3, 0.4) is 0 Å². The topological polar surface area (TPSA) is 115 Å². The molecule has 0 bridgehead atoms. The molecule has 0 saturated heterocycles. The molecule has 0 spiro atoms. The Bertz CT molecular complexity index is 2470. The third-order valence-corrected chi connectivity index (χ3v) is 16.3. The van der Waals surface area contributed by atoms with Crippen LogP contribution in [0.15, 0.2) is 182 Å². The number of hydrogen-bond acceptors (Lipinski definition) is 2. The van der Waals surface area contributed by atoms with E-state index < -0.39 is 31.0 Å². The molecular weight excluding hydrogens is 794 g/mol. The van der Waals surface area contributed by atoms with E-state index in [9.17, 15) is 28.7 Å². The molecule has 0 aliphatic rings. The molecule has 0 aliphatic carbocycles. The fourth-order valence-electron chi connectivity index (χ4n) is 7.21. The molecule has 56 heavy (non-hydrogen) atoms. The summed E-state index contributed by atoms with van der Waals surface area (Å²) in [5, 5.41) is 7.36. The number of rotatable bonds is 9. The van der Waals surface area contributed by atoms with Gasteiger partial charge in [-0.3, -0.25) is 9.13 Å². The Labute approximate surface area is 375 Å². The Hall–Kier alpha value is -2.56. The minimum atomic E-state index is -4.82. The van der Waals surface area contributed by atoms with Crippen molar-refractivity contribution in [3.63, 3.8) is 0 Å². The summed E-state index contributed by atoms with van der Waals surface area (Å²) in [6.45, 7) is 0. The molecule has 0 saturated carbocycles. The Kier molecular flexibility index (Phi) is 13.9. The summed E-state index contributed by atoms with van der Waals surface area (Å²) in [6, 6.07) is 57.9. The molecule has 0 fully saturated rings. The molecular formula is C44H36Na2O6P4. The van der Waals surface area contributed by atoms with Crippen LogP contribution in [-0.2, 0) is 9.13 Å². The summed E-state index contributed by atoms with van der Waals surface area (Å²) in [7, 11) is -12.5. The van der Waals surface area contributed by atoms with Crippen LogP contribution in [0.1, 0.15) is 2.85 Å². The summed E-state index contributed by atoms with van der Waals surface area (Å²) < 4.78 is 26.9. The van der Waals surface area contributed by atoms with Gasteiger partial charge in [0, 0.05) is 0 Å². The molecule has 4 N–H and O–H groups in total. The van der Waals surface area contributed by atoms with Crippen molar-refractivity contribution in [2.45, 2.75) is 0 Å². The largest absolute Gasteiger partial charge is 1.00 e. The van der Waals surface area contributed by atoms with Crippen molar-refractivity contribution in [1.82, 2.24) is 0 Å². The maximum atomic E-state index is 13.5. The van der Waals surface area contributed by atoms with Gasteiger partial charge in [-0.25, -0.2) is 0 Å². The molecule has 0 radical (unpaired) electrons. The average molecular weight is 831 g/mol. The van der Waals surface area contributed by atoms with Crippen LogP contribution in [0.4, 0.5) is 0 Å². The number of hydrogen-bond donors (Lipinski definition) is 4. The normalized spacial score (nSPS) is 11.8. The summed E-state index contributed by atoms with van der Waals surface area (Å²) in [5.74, 6) is 0. The van der Waals surface area contributed by atoms with E-state index in [1.165, 1.54) is 0 Å². The van der Waals surface area contributed by atoms with Crippen molar-refractivity contribution in [3.05, 3.63) is 182 Å². The zero-order chi connectivity index (χ0) is 37.5.